The molecular weight excluding hydrogens is 410 g/mol. The zero-order valence-electron chi connectivity index (χ0n) is 18.9. The largest absolute Gasteiger partial charge is 0.496 e. The number of benzene rings is 2. The molecule has 0 saturated heterocycles. The van der Waals surface area contributed by atoms with Gasteiger partial charge in [-0.2, -0.15) is 0 Å². The number of hydrogen-bond donors (Lipinski definition) is 1. The van der Waals surface area contributed by atoms with Crippen LogP contribution in [0.25, 0.3) is 0 Å². The number of methoxy groups -OCH3 is 3. The molecule has 0 bridgehead atoms. The summed E-state index contributed by atoms with van der Waals surface area (Å²) in [5, 5.41) is 3.09. The molecule has 0 unspecified atom stereocenters. The van der Waals surface area contributed by atoms with E-state index in [1.165, 1.54) is 14.2 Å². The number of para-hydroxylation sites is 1. The van der Waals surface area contributed by atoms with Gasteiger partial charge >= 0.3 is 11.9 Å². The first-order chi connectivity index (χ1) is 15.4. The van der Waals surface area contributed by atoms with E-state index in [1.807, 2.05) is 36.4 Å². The topological polar surface area (TPSA) is 83.1 Å². The summed E-state index contributed by atoms with van der Waals surface area (Å²) in [5.74, 6) is -0.241. The number of esters is 2. The molecule has 1 N–H and O–H groups in total. The lowest BCUT2D eigenvalue weighted by atomic mass is 9.80. The van der Waals surface area contributed by atoms with Crippen LogP contribution in [0.15, 0.2) is 71.1 Å². The predicted molar refractivity (Wildman–Crippen MR) is 119 cm³/mol. The summed E-state index contributed by atoms with van der Waals surface area (Å²) in [4.78, 5) is 25.2. The Morgan fingerprint density at radius 2 is 1.41 bits per heavy atom. The van der Waals surface area contributed by atoms with Crippen LogP contribution in [-0.2, 0) is 25.7 Å². The maximum absolute atomic E-state index is 12.6. The van der Waals surface area contributed by atoms with Crippen molar-refractivity contribution in [1.82, 2.24) is 5.32 Å². The molecular formula is C25H27NO6. The Kier molecular flexibility index (Phi) is 7.20. The van der Waals surface area contributed by atoms with E-state index in [4.69, 9.17) is 18.9 Å². The minimum atomic E-state index is -0.626. The van der Waals surface area contributed by atoms with Gasteiger partial charge in [-0.3, -0.25) is 0 Å². The number of rotatable bonds is 7. The van der Waals surface area contributed by atoms with E-state index in [1.54, 1.807) is 33.1 Å². The van der Waals surface area contributed by atoms with Crippen molar-refractivity contribution in [3.8, 4) is 11.5 Å². The van der Waals surface area contributed by atoms with Crippen LogP contribution < -0.4 is 14.8 Å². The van der Waals surface area contributed by atoms with Gasteiger partial charge in [0.05, 0.1) is 38.4 Å². The molecule has 0 atom stereocenters. The SMILES string of the molecule is COC(=O)C1=C(C)NC(C)=C(C(=O)OC)C1c1ccc(OCc2ccccc2OC)cc1. The summed E-state index contributed by atoms with van der Waals surface area (Å²) < 4.78 is 21.3. The second-order valence-corrected chi connectivity index (χ2v) is 7.29. The average Bonchev–Trinajstić information content (AvgIpc) is 2.81. The second kappa shape index (κ2) is 10.0. The van der Waals surface area contributed by atoms with Crippen molar-refractivity contribution in [1.29, 1.82) is 0 Å². The summed E-state index contributed by atoms with van der Waals surface area (Å²) >= 11 is 0. The first-order valence-corrected chi connectivity index (χ1v) is 10.1. The molecule has 0 radical (unpaired) electrons. The zero-order chi connectivity index (χ0) is 23.3. The highest BCUT2D eigenvalue weighted by Gasteiger charge is 2.37. The van der Waals surface area contributed by atoms with Gasteiger partial charge in [-0.25, -0.2) is 9.59 Å². The van der Waals surface area contributed by atoms with E-state index >= 15 is 0 Å². The molecule has 0 amide bonds. The summed E-state index contributed by atoms with van der Waals surface area (Å²) in [6.45, 7) is 3.90. The van der Waals surface area contributed by atoms with Crippen molar-refractivity contribution in [2.75, 3.05) is 21.3 Å². The van der Waals surface area contributed by atoms with Crippen LogP contribution in [0, 0.1) is 0 Å². The van der Waals surface area contributed by atoms with Crippen molar-refractivity contribution in [3.63, 3.8) is 0 Å². The molecule has 7 heteroatoms. The van der Waals surface area contributed by atoms with Crippen molar-refractivity contribution >= 4 is 11.9 Å². The summed E-state index contributed by atoms with van der Waals surface area (Å²) in [7, 11) is 4.25. The maximum atomic E-state index is 12.6. The highest BCUT2D eigenvalue weighted by Crippen LogP contribution is 2.39. The van der Waals surface area contributed by atoms with Gasteiger partial charge in [0.25, 0.3) is 0 Å². The van der Waals surface area contributed by atoms with Gasteiger partial charge in [0, 0.05) is 17.0 Å². The van der Waals surface area contributed by atoms with Gasteiger partial charge in [-0.1, -0.05) is 30.3 Å². The highest BCUT2D eigenvalue weighted by molar-refractivity contribution is 5.99. The van der Waals surface area contributed by atoms with Crippen molar-refractivity contribution in [3.05, 3.63) is 82.2 Å². The fourth-order valence-corrected chi connectivity index (χ4v) is 3.83. The van der Waals surface area contributed by atoms with E-state index in [-0.39, 0.29) is 0 Å². The minimum Gasteiger partial charge on any atom is -0.496 e. The van der Waals surface area contributed by atoms with Gasteiger partial charge in [-0.05, 0) is 37.6 Å². The van der Waals surface area contributed by atoms with Crippen molar-refractivity contribution in [2.24, 2.45) is 0 Å². The van der Waals surface area contributed by atoms with Crippen LogP contribution in [-0.4, -0.2) is 33.3 Å². The molecule has 1 aliphatic heterocycles. The molecule has 0 spiro atoms. The quantitative estimate of drug-likeness (QED) is 0.659. The Hall–Kier alpha value is -3.74. The molecule has 0 fully saturated rings. The van der Waals surface area contributed by atoms with Gasteiger partial charge in [0.2, 0.25) is 0 Å². The minimum absolute atomic E-state index is 0.343. The van der Waals surface area contributed by atoms with E-state index < -0.39 is 17.9 Å². The molecule has 2 aromatic carbocycles. The Morgan fingerprint density at radius 1 is 0.844 bits per heavy atom. The van der Waals surface area contributed by atoms with Crippen LogP contribution in [0.1, 0.15) is 30.9 Å². The molecule has 0 aromatic heterocycles. The molecule has 1 heterocycles. The summed E-state index contributed by atoms with van der Waals surface area (Å²) in [6, 6.07) is 14.9. The Morgan fingerprint density at radius 3 is 1.94 bits per heavy atom. The fraction of sp³-hybridized carbons (Fsp3) is 0.280. The number of carbonyl (C=O) groups is 2. The lowest BCUT2D eigenvalue weighted by Gasteiger charge is -2.30. The van der Waals surface area contributed by atoms with Crippen LogP contribution in [0.5, 0.6) is 11.5 Å². The van der Waals surface area contributed by atoms with E-state index in [2.05, 4.69) is 5.32 Å². The van der Waals surface area contributed by atoms with Crippen LogP contribution >= 0.6 is 0 Å². The summed E-state index contributed by atoms with van der Waals surface area (Å²) in [5.41, 5.74) is 3.65. The van der Waals surface area contributed by atoms with E-state index in [0.29, 0.717) is 34.9 Å². The summed E-state index contributed by atoms with van der Waals surface area (Å²) in [6.07, 6.45) is 0. The predicted octanol–water partition coefficient (Wildman–Crippen LogP) is 3.86. The average molecular weight is 437 g/mol. The molecule has 3 rings (SSSR count). The smallest absolute Gasteiger partial charge is 0.336 e. The fourth-order valence-electron chi connectivity index (χ4n) is 3.83. The number of hydrogen-bond acceptors (Lipinski definition) is 7. The lowest BCUT2D eigenvalue weighted by molar-refractivity contribution is -0.137. The van der Waals surface area contributed by atoms with Crippen molar-refractivity contribution in [2.45, 2.75) is 26.4 Å². The standard InChI is InChI=1S/C25H27NO6/c1-15-21(24(27)30-4)23(22(16(2)26-15)25(28)31-5)17-10-12-19(13-11-17)32-14-18-8-6-7-9-20(18)29-3/h6-13,23,26H,14H2,1-5H3. The molecule has 7 nitrogen and oxygen atoms in total. The van der Waals surface area contributed by atoms with Gasteiger partial charge in [-0.15, -0.1) is 0 Å². The number of nitrogens with one attached hydrogen (secondary N) is 1. The number of ether oxygens (including phenoxy) is 4. The second-order valence-electron chi connectivity index (χ2n) is 7.29. The first-order valence-electron chi connectivity index (χ1n) is 10.1. The molecule has 2 aromatic rings. The Labute approximate surface area is 187 Å². The number of allylic oxidation sites excluding steroid dienone is 2. The van der Waals surface area contributed by atoms with Gasteiger partial charge < -0.3 is 24.3 Å². The molecule has 168 valence electrons. The number of carbonyl (C=O) groups excluding carboxylic acids is 2. The van der Waals surface area contributed by atoms with Crippen LogP contribution in [0.3, 0.4) is 0 Å². The van der Waals surface area contributed by atoms with Gasteiger partial charge in [0.1, 0.15) is 18.1 Å². The monoisotopic (exact) mass is 437 g/mol. The third-order valence-corrected chi connectivity index (χ3v) is 5.37. The third-order valence-electron chi connectivity index (χ3n) is 5.37. The normalized spacial score (nSPS) is 14.0. The van der Waals surface area contributed by atoms with Crippen LogP contribution in [0.4, 0.5) is 0 Å². The maximum Gasteiger partial charge on any atom is 0.336 e. The number of dihydropyridines is 1. The van der Waals surface area contributed by atoms with E-state index in [0.717, 1.165) is 16.9 Å². The van der Waals surface area contributed by atoms with E-state index in [9.17, 15) is 9.59 Å². The first kappa shape index (κ1) is 22.9. The van der Waals surface area contributed by atoms with Crippen LogP contribution in [0.2, 0.25) is 0 Å². The molecule has 0 aliphatic carbocycles. The molecule has 0 saturated carbocycles. The molecule has 32 heavy (non-hydrogen) atoms. The Bertz CT molecular complexity index is 1030. The third kappa shape index (κ3) is 4.61. The lowest BCUT2D eigenvalue weighted by Crippen LogP contribution is -2.32. The molecule has 1 aliphatic rings. The Balaban J connectivity index is 1.92. The zero-order valence-corrected chi connectivity index (χ0v) is 18.9. The highest BCUT2D eigenvalue weighted by atomic mass is 16.5. The van der Waals surface area contributed by atoms with Crippen molar-refractivity contribution < 1.29 is 28.5 Å². The van der Waals surface area contributed by atoms with Gasteiger partial charge in [0.15, 0.2) is 0 Å².